The fourth-order valence-electron chi connectivity index (χ4n) is 3.57. The van der Waals surface area contributed by atoms with Crippen LogP contribution < -0.4 is 10.1 Å². The van der Waals surface area contributed by atoms with Gasteiger partial charge >= 0.3 is 0 Å². The summed E-state index contributed by atoms with van der Waals surface area (Å²) in [5, 5.41) is 3.23. The van der Waals surface area contributed by atoms with Gasteiger partial charge in [0.05, 0.1) is 12.2 Å². The van der Waals surface area contributed by atoms with Gasteiger partial charge in [0, 0.05) is 25.4 Å². The summed E-state index contributed by atoms with van der Waals surface area (Å²) in [6, 6.07) is 15.0. The molecule has 0 fully saturated rings. The maximum absolute atomic E-state index is 13.3. The van der Waals surface area contributed by atoms with Crippen molar-refractivity contribution in [1.82, 2.24) is 4.90 Å². The molecule has 1 heterocycles. The van der Waals surface area contributed by atoms with E-state index in [4.69, 9.17) is 9.47 Å². The van der Waals surface area contributed by atoms with Gasteiger partial charge in [-0.15, -0.1) is 0 Å². The van der Waals surface area contributed by atoms with Crippen molar-refractivity contribution in [3.63, 3.8) is 0 Å². The number of unbranched alkanes of at least 4 members (excludes halogenated alkanes) is 1. The van der Waals surface area contributed by atoms with Crippen LogP contribution in [-0.2, 0) is 14.3 Å². The number of benzene rings is 2. The number of ether oxygens (including phenoxy) is 2. The van der Waals surface area contributed by atoms with Crippen molar-refractivity contribution >= 4 is 23.1 Å². The van der Waals surface area contributed by atoms with Crippen LogP contribution in [0.15, 0.2) is 54.2 Å². The molecule has 0 saturated carbocycles. The zero-order valence-corrected chi connectivity index (χ0v) is 19.1. The van der Waals surface area contributed by atoms with Crippen LogP contribution in [0.3, 0.4) is 0 Å². The number of nitrogens with zero attached hydrogens (tertiary/aromatic N) is 1. The maximum Gasteiger partial charge on any atom is 0.278 e. The van der Waals surface area contributed by atoms with Gasteiger partial charge in [-0.3, -0.25) is 14.5 Å². The van der Waals surface area contributed by atoms with E-state index in [0.717, 1.165) is 29.8 Å². The van der Waals surface area contributed by atoms with E-state index in [0.29, 0.717) is 49.6 Å². The van der Waals surface area contributed by atoms with Gasteiger partial charge in [-0.2, -0.15) is 0 Å². The number of carbonyl (C=O) groups is 2. The van der Waals surface area contributed by atoms with Crippen LogP contribution in [0.5, 0.6) is 5.75 Å². The van der Waals surface area contributed by atoms with E-state index >= 15 is 0 Å². The minimum atomic E-state index is -0.310. The summed E-state index contributed by atoms with van der Waals surface area (Å²) in [5.41, 5.74) is 3.17. The number of aryl methyl sites for hydroxylation is 1. The topological polar surface area (TPSA) is 67.9 Å². The van der Waals surface area contributed by atoms with E-state index in [9.17, 15) is 9.59 Å². The predicted molar refractivity (Wildman–Crippen MR) is 126 cm³/mol. The molecular formula is C26H32N2O4. The van der Waals surface area contributed by atoms with Crippen LogP contribution in [-0.4, -0.2) is 43.1 Å². The maximum atomic E-state index is 13.3. The Bertz CT molecular complexity index is 966. The van der Waals surface area contributed by atoms with Crippen LogP contribution in [0, 0.1) is 6.92 Å². The van der Waals surface area contributed by atoms with Crippen LogP contribution >= 0.6 is 0 Å². The summed E-state index contributed by atoms with van der Waals surface area (Å²) >= 11 is 0. The quantitative estimate of drug-likeness (QED) is 0.383. The predicted octanol–water partition coefficient (Wildman–Crippen LogP) is 4.79. The van der Waals surface area contributed by atoms with Crippen molar-refractivity contribution in [2.45, 2.75) is 40.0 Å². The lowest BCUT2D eigenvalue weighted by Crippen LogP contribution is -2.34. The number of amides is 2. The van der Waals surface area contributed by atoms with E-state index in [2.05, 4.69) is 12.2 Å². The van der Waals surface area contributed by atoms with Crippen molar-refractivity contribution in [1.29, 1.82) is 0 Å². The van der Waals surface area contributed by atoms with Crippen molar-refractivity contribution in [3.05, 3.63) is 65.4 Å². The molecule has 32 heavy (non-hydrogen) atoms. The van der Waals surface area contributed by atoms with Gasteiger partial charge in [0.15, 0.2) is 0 Å². The summed E-state index contributed by atoms with van der Waals surface area (Å²) in [4.78, 5) is 27.9. The fraction of sp³-hybridized carbons (Fsp3) is 0.385. The van der Waals surface area contributed by atoms with Gasteiger partial charge < -0.3 is 14.8 Å². The van der Waals surface area contributed by atoms with Crippen LogP contribution in [0.4, 0.5) is 5.69 Å². The molecule has 0 unspecified atom stereocenters. The number of imide groups is 1. The summed E-state index contributed by atoms with van der Waals surface area (Å²) < 4.78 is 11.1. The third-order valence-electron chi connectivity index (χ3n) is 5.34. The molecule has 6 heteroatoms. The van der Waals surface area contributed by atoms with Gasteiger partial charge in [-0.1, -0.05) is 43.7 Å². The number of anilines is 1. The third kappa shape index (κ3) is 5.56. The molecule has 0 saturated heterocycles. The number of hydrogen-bond donors (Lipinski definition) is 1. The standard InChI is InChI=1S/C26H32N2O4/c1-4-6-17-31-18-9-16-28-25(29)23(20-12-14-21(15-13-20)32-5-2)24(26(28)30)27-22-11-8-7-10-19(22)3/h7-8,10-15,27H,4-6,9,16-18H2,1-3H3. The lowest BCUT2D eigenvalue weighted by Gasteiger charge is -2.15. The van der Waals surface area contributed by atoms with E-state index in [1.807, 2.05) is 62.4 Å². The Balaban J connectivity index is 1.84. The Hall–Kier alpha value is -3.12. The monoisotopic (exact) mass is 436 g/mol. The van der Waals surface area contributed by atoms with Gasteiger partial charge in [0.2, 0.25) is 0 Å². The molecule has 2 amide bonds. The second-order valence-electron chi connectivity index (χ2n) is 7.73. The van der Waals surface area contributed by atoms with Gasteiger partial charge in [0.1, 0.15) is 11.4 Å². The molecular weight excluding hydrogens is 404 g/mol. The molecule has 0 bridgehead atoms. The van der Waals surface area contributed by atoms with Crippen LogP contribution in [0.2, 0.25) is 0 Å². The normalized spacial score (nSPS) is 13.8. The number of carbonyl (C=O) groups excluding carboxylic acids is 2. The summed E-state index contributed by atoms with van der Waals surface area (Å²) in [7, 11) is 0. The highest BCUT2D eigenvalue weighted by atomic mass is 16.5. The molecule has 170 valence electrons. The smallest absolute Gasteiger partial charge is 0.278 e. The lowest BCUT2D eigenvalue weighted by atomic mass is 10.0. The summed E-state index contributed by atoms with van der Waals surface area (Å²) in [6.07, 6.45) is 2.69. The zero-order chi connectivity index (χ0) is 22.9. The Morgan fingerprint density at radius 3 is 2.31 bits per heavy atom. The first-order valence-corrected chi connectivity index (χ1v) is 11.3. The number of para-hydroxylation sites is 1. The van der Waals surface area contributed by atoms with Gasteiger partial charge in [-0.25, -0.2) is 0 Å². The minimum Gasteiger partial charge on any atom is -0.494 e. The Kier molecular flexibility index (Phi) is 8.45. The average Bonchev–Trinajstić information content (AvgIpc) is 3.02. The SMILES string of the molecule is CCCCOCCCN1C(=O)C(Nc2ccccc2C)=C(c2ccc(OCC)cc2)C1=O. The first-order chi connectivity index (χ1) is 15.6. The van der Waals surface area contributed by atoms with E-state index in [-0.39, 0.29) is 11.8 Å². The Morgan fingerprint density at radius 2 is 1.62 bits per heavy atom. The fourth-order valence-corrected chi connectivity index (χ4v) is 3.57. The Labute approximate surface area is 190 Å². The molecule has 0 radical (unpaired) electrons. The highest BCUT2D eigenvalue weighted by Crippen LogP contribution is 2.32. The molecule has 1 aliphatic heterocycles. The van der Waals surface area contributed by atoms with Crippen molar-refractivity contribution in [3.8, 4) is 5.75 Å². The largest absolute Gasteiger partial charge is 0.494 e. The van der Waals surface area contributed by atoms with Crippen molar-refractivity contribution < 1.29 is 19.1 Å². The number of nitrogens with one attached hydrogen (secondary N) is 1. The average molecular weight is 437 g/mol. The highest BCUT2D eigenvalue weighted by molar-refractivity contribution is 6.36. The number of rotatable bonds is 12. The highest BCUT2D eigenvalue weighted by Gasteiger charge is 2.39. The molecule has 2 aromatic carbocycles. The van der Waals surface area contributed by atoms with Crippen LogP contribution in [0.1, 0.15) is 44.2 Å². The third-order valence-corrected chi connectivity index (χ3v) is 5.34. The lowest BCUT2D eigenvalue weighted by molar-refractivity contribution is -0.137. The van der Waals surface area contributed by atoms with Gasteiger partial charge in [-0.05, 0) is 56.0 Å². The molecule has 6 nitrogen and oxygen atoms in total. The first-order valence-electron chi connectivity index (χ1n) is 11.3. The van der Waals surface area contributed by atoms with Crippen molar-refractivity contribution in [2.75, 3.05) is 31.7 Å². The van der Waals surface area contributed by atoms with E-state index in [1.54, 1.807) is 0 Å². The summed E-state index contributed by atoms with van der Waals surface area (Å²) in [5.74, 6) is 0.127. The van der Waals surface area contributed by atoms with Crippen LogP contribution in [0.25, 0.3) is 5.57 Å². The summed E-state index contributed by atoms with van der Waals surface area (Å²) in [6.45, 7) is 8.11. The Morgan fingerprint density at radius 1 is 0.906 bits per heavy atom. The molecule has 0 aromatic heterocycles. The van der Waals surface area contributed by atoms with Crippen molar-refractivity contribution in [2.24, 2.45) is 0 Å². The molecule has 3 rings (SSSR count). The molecule has 0 aliphatic carbocycles. The first kappa shape index (κ1) is 23.5. The molecule has 1 aliphatic rings. The van der Waals surface area contributed by atoms with E-state index in [1.165, 1.54) is 4.90 Å². The number of hydrogen-bond acceptors (Lipinski definition) is 5. The molecule has 0 spiro atoms. The zero-order valence-electron chi connectivity index (χ0n) is 19.1. The minimum absolute atomic E-state index is 0.288. The second-order valence-corrected chi connectivity index (χ2v) is 7.73. The van der Waals surface area contributed by atoms with E-state index < -0.39 is 0 Å². The molecule has 1 N–H and O–H groups in total. The second kappa shape index (κ2) is 11.5. The molecule has 2 aromatic rings. The van der Waals surface area contributed by atoms with Gasteiger partial charge in [0.25, 0.3) is 11.8 Å². The molecule has 0 atom stereocenters.